The third kappa shape index (κ3) is 5.67. The molecular weight excluding hydrogens is 361 g/mol. The predicted octanol–water partition coefficient (Wildman–Crippen LogP) is 4.74. The predicted molar refractivity (Wildman–Crippen MR) is 94.8 cm³/mol. The van der Waals surface area contributed by atoms with Crippen LogP contribution >= 0.6 is 0 Å². The van der Waals surface area contributed by atoms with Crippen molar-refractivity contribution in [2.75, 3.05) is 20.8 Å². The summed E-state index contributed by atoms with van der Waals surface area (Å²) in [7, 11) is 3.18. The van der Waals surface area contributed by atoms with Crippen LogP contribution in [0.4, 0.5) is 13.2 Å². The van der Waals surface area contributed by atoms with Gasteiger partial charge in [-0.2, -0.15) is 0 Å². The third-order valence-electron chi connectivity index (χ3n) is 4.92. The van der Waals surface area contributed by atoms with Gasteiger partial charge in [0.05, 0.1) is 19.1 Å². The standard InChI is InChI=1S/C20H29F3O4/c1-14(2)27-20(13-19(24-3,25-4)9-10-26-20)8-6-5-7-16-17(22)11-15(21)12-18(16)23/h11-12,14H,5-10,13H2,1-4H3. The van der Waals surface area contributed by atoms with Crippen LogP contribution in [0.3, 0.4) is 0 Å². The highest BCUT2D eigenvalue weighted by atomic mass is 19.1. The summed E-state index contributed by atoms with van der Waals surface area (Å²) >= 11 is 0. The van der Waals surface area contributed by atoms with Crippen molar-refractivity contribution in [1.82, 2.24) is 0 Å². The van der Waals surface area contributed by atoms with Crippen molar-refractivity contribution in [1.29, 1.82) is 0 Å². The fourth-order valence-electron chi connectivity index (χ4n) is 3.61. The largest absolute Gasteiger partial charge is 0.353 e. The van der Waals surface area contributed by atoms with Gasteiger partial charge < -0.3 is 18.9 Å². The van der Waals surface area contributed by atoms with Crippen LogP contribution in [0.5, 0.6) is 0 Å². The maximum Gasteiger partial charge on any atom is 0.174 e. The zero-order valence-electron chi connectivity index (χ0n) is 16.4. The number of hydrogen-bond donors (Lipinski definition) is 0. The Bertz CT molecular complexity index is 596. The topological polar surface area (TPSA) is 36.9 Å². The SMILES string of the molecule is COC1(OC)CCOC(CCCCc2c(F)cc(F)cc2F)(OC(C)C)C1. The molecule has 0 aliphatic carbocycles. The fraction of sp³-hybridized carbons (Fsp3) is 0.700. The lowest BCUT2D eigenvalue weighted by atomic mass is 9.93. The highest BCUT2D eigenvalue weighted by Crippen LogP contribution is 2.40. The van der Waals surface area contributed by atoms with Gasteiger partial charge in [-0.05, 0) is 33.1 Å². The van der Waals surface area contributed by atoms with E-state index in [0.29, 0.717) is 50.8 Å². The normalized spacial score (nSPS) is 22.4. The lowest BCUT2D eigenvalue weighted by Gasteiger charge is -2.46. The van der Waals surface area contributed by atoms with Gasteiger partial charge in [-0.25, -0.2) is 13.2 Å². The van der Waals surface area contributed by atoms with E-state index in [2.05, 4.69) is 0 Å². The Morgan fingerprint density at radius 1 is 1.07 bits per heavy atom. The maximum atomic E-state index is 13.8. The molecule has 1 fully saturated rings. The molecule has 1 aliphatic rings. The van der Waals surface area contributed by atoms with E-state index in [-0.39, 0.29) is 18.1 Å². The Balaban J connectivity index is 2.01. The van der Waals surface area contributed by atoms with Crippen LogP contribution in [0.2, 0.25) is 0 Å². The number of halogens is 3. The first kappa shape index (κ1) is 22.1. The van der Waals surface area contributed by atoms with Gasteiger partial charge >= 0.3 is 0 Å². The van der Waals surface area contributed by atoms with Crippen molar-refractivity contribution in [3.63, 3.8) is 0 Å². The molecule has 1 unspecified atom stereocenters. The van der Waals surface area contributed by atoms with Gasteiger partial charge in [0.15, 0.2) is 11.6 Å². The van der Waals surface area contributed by atoms with Gasteiger partial charge in [0.1, 0.15) is 17.5 Å². The molecule has 0 radical (unpaired) electrons. The zero-order chi connectivity index (χ0) is 20.1. The van der Waals surface area contributed by atoms with E-state index in [1.807, 2.05) is 13.8 Å². The van der Waals surface area contributed by atoms with E-state index in [9.17, 15) is 13.2 Å². The average Bonchev–Trinajstić information content (AvgIpc) is 2.59. The van der Waals surface area contributed by atoms with Crippen molar-refractivity contribution in [2.24, 2.45) is 0 Å². The van der Waals surface area contributed by atoms with Gasteiger partial charge in [0, 0.05) is 44.8 Å². The lowest BCUT2D eigenvalue weighted by Crippen LogP contribution is -2.53. The van der Waals surface area contributed by atoms with Gasteiger partial charge in [0.25, 0.3) is 0 Å². The molecule has 2 rings (SSSR count). The second kappa shape index (κ2) is 9.37. The zero-order valence-corrected chi connectivity index (χ0v) is 16.4. The summed E-state index contributed by atoms with van der Waals surface area (Å²) in [6.07, 6.45) is 2.77. The Labute approximate surface area is 158 Å². The molecule has 1 aromatic carbocycles. The molecule has 1 atom stereocenters. The Morgan fingerprint density at radius 3 is 2.26 bits per heavy atom. The summed E-state index contributed by atoms with van der Waals surface area (Å²) in [5.74, 6) is -4.27. The van der Waals surface area contributed by atoms with Crippen LogP contribution in [0.15, 0.2) is 12.1 Å². The van der Waals surface area contributed by atoms with Gasteiger partial charge in [-0.3, -0.25) is 0 Å². The number of ether oxygens (including phenoxy) is 4. The van der Waals surface area contributed by atoms with Gasteiger partial charge in [-0.15, -0.1) is 0 Å². The lowest BCUT2D eigenvalue weighted by molar-refractivity contribution is -0.351. The van der Waals surface area contributed by atoms with Crippen LogP contribution in [0, 0.1) is 17.5 Å². The molecule has 1 aliphatic heterocycles. The number of rotatable bonds is 9. The quantitative estimate of drug-likeness (QED) is 0.451. The molecule has 1 heterocycles. The van der Waals surface area contributed by atoms with E-state index in [1.54, 1.807) is 14.2 Å². The molecule has 0 bridgehead atoms. The molecule has 0 saturated carbocycles. The number of benzene rings is 1. The van der Waals surface area contributed by atoms with Crippen LogP contribution in [0.1, 0.15) is 51.5 Å². The van der Waals surface area contributed by atoms with Crippen molar-refractivity contribution in [3.05, 3.63) is 35.1 Å². The van der Waals surface area contributed by atoms with Crippen molar-refractivity contribution >= 4 is 0 Å². The van der Waals surface area contributed by atoms with Crippen molar-refractivity contribution in [3.8, 4) is 0 Å². The van der Waals surface area contributed by atoms with Crippen molar-refractivity contribution in [2.45, 2.75) is 70.1 Å². The molecule has 1 saturated heterocycles. The second-order valence-electron chi connectivity index (χ2n) is 7.23. The van der Waals surface area contributed by atoms with E-state index in [4.69, 9.17) is 18.9 Å². The van der Waals surface area contributed by atoms with E-state index in [0.717, 1.165) is 0 Å². The maximum absolute atomic E-state index is 13.8. The first-order valence-electron chi connectivity index (χ1n) is 9.30. The van der Waals surface area contributed by atoms with Crippen molar-refractivity contribution < 1.29 is 32.1 Å². The molecular formula is C20H29F3O4. The number of hydrogen-bond acceptors (Lipinski definition) is 4. The van der Waals surface area contributed by atoms with Crippen LogP contribution < -0.4 is 0 Å². The molecule has 0 amide bonds. The fourth-order valence-corrected chi connectivity index (χ4v) is 3.61. The minimum atomic E-state index is -0.913. The Kier molecular flexibility index (Phi) is 7.68. The molecule has 1 aromatic rings. The first-order chi connectivity index (χ1) is 12.7. The van der Waals surface area contributed by atoms with Crippen LogP contribution in [0.25, 0.3) is 0 Å². The monoisotopic (exact) mass is 390 g/mol. The molecule has 0 aromatic heterocycles. The molecule has 4 nitrogen and oxygen atoms in total. The number of unbranched alkanes of at least 4 members (excludes halogenated alkanes) is 1. The van der Waals surface area contributed by atoms with Crippen LogP contribution in [-0.2, 0) is 25.4 Å². The molecule has 154 valence electrons. The van der Waals surface area contributed by atoms with E-state index < -0.39 is 29.0 Å². The summed E-state index contributed by atoms with van der Waals surface area (Å²) < 4.78 is 63.7. The summed E-state index contributed by atoms with van der Waals surface area (Å²) in [6, 6.07) is 1.41. The van der Waals surface area contributed by atoms with E-state index >= 15 is 0 Å². The molecule has 27 heavy (non-hydrogen) atoms. The minimum Gasteiger partial charge on any atom is -0.353 e. The highest BCUT2D eigenvalue weighted by Gasteiger charge is 2.47. The third-order valence-corrected chi connectivity index (χ3v) is 4.92. The van der Waals surface area contributed by atoms with E-state index in [1.165, 1.54) is 0 Å². The number of methoxy groups -OCH3 is 2. The summed E-state index contributed by atoms with van der Waals surface area (Å²) in [6.45, 7) is 4.27. The Morgan fingerprint density at radius 2 is 1.70 bits per heavy atom. The Hall–Kier alpha value is -1.15. The molecule has 0 spiro atoms. The van der Waals surface area contributed by atoms with Crippen LogP contribution in [-0.4, -0.2) is 38.5 Å². The minimum absolute atomic E-state index is 0.0681. The summed E-state index contributed by atoms with van der Waals surface area (Å²) in [4.78, 5) is 0. The van der Waals surface area contributed by atoms with Gasteiger partial charge in [0.2, 0.25) is 0 Å². The summed E-state index contributed by atoms with van der Waals surface area (Å²) in [5, 5.41) is 0. The second-order valence-corrected chi connectivity index (χ2v) is 7.23. The molecule has 0 N–H and O–H groups in total. The average molecular weight is 390 g/mol. The molecule has 7 heteroatoms. The van der Waals surface area contributed by atoms with Gasteiger partial charge in [-0.1, -0.05) is 0 Å². The highest BCUT2D eigenvalue weighted by molar-refractivity contribution is 5.20. The summed E-state index contributed by atoms with van der Waals surface area (Å²) in [5.41, 5.74) is -0.0945. The smallest absolute Gasteiger partial charge is 0.174 e. The first-order valence-corrected chi connectivity index (χ1v) is 9.30.